The van der Waals surface area contributed by atoms with Crippen molar-refractivity contribution in [3.8, 4) is 0 Å². The van der Waals surface area contributed by atoms with E-state index >= 15 is 0 Å². The van der Waals surface area contributed by atoms with Gasteiger partial charge in [0, 0.05) is 31.7 Å². The van der Waals surface area contributed by atoms with E-state index in [2.05, 4.69) is 37.1 Å². The van der Waals surface area contributed by atoms with Crippen LogP contribution in [-0.2, 0) is 10.2 Å². The molecule has 1 fully saturated rings. The SMILES string of the molecule is CC(C)(C)c1cccc(NC(=O)CCN2CCC(O)C2)c1. The molecule has 0 spiro atoms. The molecule has 0 radical (unpaired) electrons. The maximum absolute atomic E-state index is 12.0. The molecule has 1 aliphatic rings. The number of hydrogen-bond acceptors (Lipinski definition) is 3. The van der Waals surface area contributed by atoms with Gasteiger partial charge in [-0.25, -0.2) is 0 Å². The first-order valence-corrected chi connectivity index (χ1v) is 7.65. The van der Waals surface area contributed by atoms with Crippen LogP contribution in [0.1, 0.15) is 39.2 Å². The van der Waals surface area contributed by atoms with Gasteiger partial charge in [-0.05, 0) is 29.5 Å². The van der Waals surface area contributed by atoms with Gasteiger partial charge in [0.1, 0.15) is 0 Å². The van der Waals surface area contributed by atoms with Crippen molar-refractivity contribution in [2.24, 2.45) is 0 Å². The monoisotopic (exact) mass is 290 g/mol. The Labute approximate surface area is 127 Å². The lowest BCUT2D eigenvalue weighted by Gasteiger charge is -2.20. The molecule has 1 aromatic carbocycles. The van der Waals surface area contributed by atoms with Crippen molar-refractivity contribution in [2.45, 2.75) is 45.1 Å². The number of hydrogen-bond donors (Lipinski definition) is 2. The summed E-state index contributed by atoms with van der Waals surface area (Å²) in [7, 11) is 0. The maximum atomic E-state index is 12.0. The number of nitrogens with zero attached hydrogens (tertiary/aromatic N) is 1. The van der Waals surface area contributed by atoms with Gasteiger partial charge >= 0.3 is 0 Å². The smallest absolute Gasteiger partial charge is 0.225 e. The molecule has 1 aromatic rings. The summed E-state index contributed by atoms with van der Waals surface area (Å²) in [5.41, 5.74) is 2.14. The summed E-state index contributed by atoms with van der Waals surface area (Å²) < 4.78 is 0. The highest BCUT2D eigenvalue weighted by Gasteiger charge is 2.20. The van der Waals surface area contributed by atoms with Gasteiger partial charge in [0.25, 0.3) is 0 Å². The zero-order valence-electron chi connectivity index (χ0n) is 13.2. The van der Waals surface area contributed by atoms with Crippen LogP contribution in [0, 0.1) is 0 Å². The lowest BCUT2D eigenvalue weighted by molar-refractivity contribution is -0.116. The molecule has 1 aliphatic heterocycles. The van der Waals surface area contributed by atoms with Gasteiger partial charge in [-0.2, -0.15) is 0 Å². The minimum absolute atomic E-state index is 0.0300. The number of rotatable bonds is 4. The molecule has 21 heavy (non-hydrogen) atoms. The van der Waals surface area contributed by atoms with E-state index in [-0.39, 0.29) is 17.4 Å². The Hall–Kier alpha value is -1.39. The van der Waals surface area contributed by atoms with E-state index < -0.39 is 0 Å². The molecular formula is C17H26N2O2. The summed E-state index contributed by atoms with van der Waals surface area (Å²) in [6.45, 7) is 8.76. The predicted molar refractivity (Wildman–Crippen MR) is 85.5 cm³/mol. The Morgan fingerprint density at radius 1 is 1.43 bits per heavy atom. The summed E-state index contributed by atoms with van der Waals surface area (Å²) in [6, 6.07) is 8.03. The predicted octanol–water partition coefficient (Wildman–Crippen LogP) is 2.38. The van der Waals surface area contributed by atoms with Crippen LogP contribution >= 0.6 is 0 Å². The zero-order valence-corrected chi connectivity index (χ0v) is 13.2. The number of benzene rings is 1. The highest BCUT2D eigenvalue weighted by Crippen LogP contribution is 2.24. The van der Waals surface area contributed by atoms with Crippen LogP contribution < -0.4 is 5.32 Å². The van der Waals surface area contributed by atoms with Gasteiger partial charge in [0.15, 0.2) is 0 Å². The van der Waals surface area contributed by atoms with Crippen molar-refractivity contribution in [3.05, 3.63) is 29.8 Å². The number of aliphatic hydroxyl groups excluding tert-OH is 1. The Bertz CT molecular complexity index is 494. The molecule has 1 atom stereocenters. The molecule has 1 saturated heterocycles. The van der Waals surface area contributed by atoms with Crippen molar-refractivity contribution in [1.82, 2.24) is 4.90 Å². The number of nitrogens with one attached hydrogen (secondary N) is 1. The molecule has 0 aromatic heterocycles. The van der Waals surface area contributed by atoms with Crippen molar-refractivity contribution < 1.29 is 9.90 Å². The van der Waals surface area contributed by atoms with E-state index in [4.69, 9.17) is 0 Å². The van der Waals surface area contributed by atoms with Crippen LogP contribution in [0.5, 0.6) is 0 Å². The van der Waals surface area contributed by atoms with Crippen LogP contribution in [0.25, 0.3) is 0 Å². The molecule has 4 heteroatoms. The average Bonchev–Trinajstić information content (AvgIpc) is 2.82. The summed E-state index contributed by atoms with van der Waals surface area (Å²) in [6.07, 6.45) is 1.05. The van der Waals surface area contributed by atoms with Crippen molar-refractivity contribution in [2.75, 3.05) is 25.0 Å². The number of anilines is 1. The first-order chi connectivity index (χ1) is 9.84. The summed E-state index contributed by atoms with van der Waals surface area (Å²) in [5.74, 6) is 0.0300. The Morgan fingerprint density at radius 3 is 2.81 bits per heavy atom. The number of β-amino-alcohol motifs (C(OH)–C–C–N with tert-alkyl or cyclic N) is 1. The second kappa shape index (κ2) is 6.58. The molecule has 2 N–H and O–H groups in total. The summed E-state index contributed by atoms with van der Waals surface area (Å²) in [5, 5.41) is 12.4. The van der Waals surface area contributed by atoms with Crippen LogP contribution in [0.2, 0.25) is 0 Å². The largest absolute Gasteiger partial charge is 0.392 e. The number of carbonyl (C=O) groups is 1. The fraction of sp³-hybridized carbons (Fsp3) is 0.588. The highest BCUT2D eigenvalue weighted by molar-refractivity contribution is 5.90. The fourth-order valence-corrected chi connectivity index (χ4v) is 2.56. The first-order valence-electron chi connectivity index (χ1n) is 7.65. The molecule has 2 rings (SSSR count). The maximum Gasteiger partial charge on any atom is 0.225 e. The average molecular weight is 290 g/mol. The van der Waals surface area contributed by atoms with E-state index in [0.717, 1.165) is 18.7 Å². The minimum atomic E-state index is -0.225. The fourth-order valence-electron chi connectivity index (χ4n) is 2.56. The molecule has 0 aliphatic carbocycles. The van der Waals surface area contributed by atoms with Gasteiger partial charge in [0.2, 0.25) is 5.91 Å². The third-order valence-corrected chi connectivity index (χ3v) is 3.91. The van der Waals surface area contributed by atoms with Crippen LogP contribution in [0.3, 0.4) is 0 Å². The first kappa shape index (κ1) is 16.0. The third kappa shape index (κ3) is 4.83. The van der Waals surface area contributed by atoms with E-state index in [0.29, 0.717) is 19.5 Å². The molecule has 1 heterocycles. The zero-order chi connectivity index (χ0) is 15.5. The molecular weight excluding hydrogens is 264 g/mol. The Morgan fingerprint density at radius 2 is 2.19 bits per heavy atom. The molecule has 1 unspecified atom stereocenters. The second-order valence-electron chi connectivity index (χ2n) is 6.87. The number of likely N-dealkylation sites (tertiary alicyclic amines) is 1. The Balaban J connectivity index is 1.85. The van der Waals surface area contributed by atoms with E-state index in [1.165, 1.54) is 5.56 Å². The molecule has 4 nitrogen and oxygen atoms in total. The van der Waals surface area contributed by atoms with Gasteiger partial charge in [-0.15, -0.1) is 0 Å². The lowest BCUT2D eigenvalue weighted by Crippen LogP contribution is -2.26. The Kier molecular flexibility index (Phi) is 5.01. The van der Waals surface area contributed by atoms with E-state index in [1.807, 2.05) is 18.2 Å². The normalized spacial score (nSPS) is 19.7. The quantitative estimate of drug-likeness (QED) is 0.895. The number of carbonyl (C=O) groups excluding carboxylic acids is 1. The number of aliphatic hydroxyl groups is 1. The molecule has 0 bridgehead atoms. The highest BCUT2D eigenvalue weighted by atomic mass is 16.3. The van der Waals surface area contributed by atoms with Gasteiger partial charge in [-0.1, -0.05) is 32.9 Å². The van der Waals surface area contributed by atoms with Gasteiger partial charge < -0.3 is 15.3 Å². The minimum Gasteiger partial charge on any atom is -0.392 e. The summed E-state index contributed by atoms with van der Waals surface area (Å²) in [4.78, 5) is 14.1. The third-order valence-electron chi connectivity index (χ3n) is 3.91. The summed E-state index contributed by atoms with van der Waals surface area (Å²) >= 11 is 0. The second-order valence-corrected chi connectivity index (χ2v) is 6.87. The molecule has 116 valence electrons. The van der Waals surface area contributed by atoms with Gasteiger partial charge in [-0.3, -0.25) is 4.79 Å². The van der Waals surface area contributed by atoms with Crippen molar-refractivity contribution in [3.63, 3.8) is 0 Å². The van der Waals surface area contributed by atoms with E-state index in [9.17, 15) is 9.90 Å². The lowest BCUT2D eigenvalue weighted by atomic mass is 9.87. The van der Waals surface area contributed by atoms with E-state index in [1.54, 1.807) is 0 Å². The van der Waals surface area contributed by atoms with Crippen LogP contribution in [0.4, 0.5) is 5.69 Å². The van der Waals surface area contributed by atoms with Gasteiger partial charge in [0.05, 0.1) is 6.10 Å². The standard InChI is InChI=1S/C17H26N2O2/c1-17(2,3)13-5-4-6-14(11-13)18-16(21)8-10-19-9-7-15(20)12-19/h4-6,11,15,20H,7-10,12H2,1-3H3,(H,18,21). The van der Waals surface area contributed by atoms with Crippen molar-refractivity contribution in [1.29, 1.82) is 0 Å². The van der Waals surface area contributed by atoms with Crippen LogP contribution in [0.15, 0.2) is 24.3 Å². The van der Waals surface area contributed by atoms with Crippen molar-refractivity contribution >= 4 is 11.6 Å². The topological polar surface area (TPSA) is 52.6 Å². The molecule has 0 saturated carbocycles. The number of amides is 1. The molecule has 1 amide bonds. The van der Waals surface area contributed by atoms with Crippen LogP contribution in [-0.4, -0.2) is 41.7 Å².